The maximum absolute atomic E-state index is 12.0. The molecule has 0 fully saturated rings. The first kappa shape index (κ1) is 15.6. The molecule has 0 saturated carbocycles. The van der Waals surface area contributed by atoms with Gasteiger partial charge in [-0.05, 0) is 17.5 Å². The summed E-state index contributed by atoms with van der Waals surface area (Å²) in [6.07, 6.45) is 0. The van der Waals surface area contributed by atoms with Crippen LogP contribution in [0, 0.1) is 11.3 Å². The number of oxime groups is 1. The lowest BCUT2D eigenvalue weighted by molar-refractivity contribution is -0.124. The number of amides is 1. The van der Waals surface area contributed by atoms with E-state index in [9.17, 15) is 10.0 Å². The molecule has 1 amide bonds. The Balaban J connectivity index is 3.02. The van der Waals surface area contributed by atoms with E-state index in [-0.39, 0.29) is 11.3 Å². The largest absolute Gasteiger partial charge is 0.410 e. The molecule has 19 heavy (non-hydrogen) atoms. The number of rotatable bonds is 3. The van der Waals surface area contributed by atoms with Crippen molar-refractivity contribution >= 4 is 22.7 Å². The third kappa shape index (κ3) is 4.28. The Labute approximate surface area is 118 Å². The number of hydrogen-bond acceptors (Lipinski definition) is 4. The molecule has 0 aliphatic rings. The molecule has 1 atom stereocenters. The van der Waals surface area contributed by atoms with E-state index >= 15 is 0 Å². The Morgan fingerprint density at radius 3 is 2.32 bits per heavy atom. The molecule has 0 aliphatic carbocycles. The van der Waals surface area contributed by atoms with E-state index < -0.39 is 5.92 Å². The van der Waals surface area contributed by atoms with E-state index in [1.807, 2.05) is 51.1 Å². The molecule has 4 nitrogen and oxygen atoms in total. The minimum atomic E-state index is -0.493. The number of carbonyl (C=O) groups excluding carboxylic acids is 1. The first-order valence-corrected chi connectivity index (χ1v) is 6.88. The van der Waals surface area contributed by atoms with Gasteiger partial charge in [-0.3, -0.25) is 4.79 Å². The van der Waals surface area contributed by atoms with Crippen LogP contribution in [0.5, 0.6) is 0 Å². The minimum absolute atomic E-state index is 0.149. The SMILES string of the molecule is CNC(=O)C(C(=NO)Sc1ccccc1)C(C)(C)C. The molecule has 1 aromatic carbocycles. The van der Waals surface area contributed by atoms with Crippen molar-refractivity contribution in [2.75, 3.05) is 7.05 Å². The smallest absolute Gasteiger partial charge is 0.230 e. The fourth-order valence-corrected chi connectivity index (χ4v) is 2.92. The van der Waals surface area contributed by atoms with E-state index in [2.05, 4.69) is 10.5 Å². The molecule has 104 valence electrons. The van der Waals surface area contributed by atoms with Crippen molar-refractivity contribution in [2.24, 2.45) is 16.5 Å². The predicted octanol–water partition coefficient (Wildman–Crippen LogP) is 2.97. The highest BCUT2D eigenvalue weighted by Crippen LogP contribution is 2.34. The second kappa shape index (κ2) is 6.61. The Morgan fingerprint density at radius 1 is 1.32 bits per heavy atom. The summed E-state index contributed by atoms with van der Waals surface area (Å²) in [4.78, 5) is 13.0. The standard InChI is InChI=1S/C14H20N2O2S/c1-14(2,3)11(12(17)15-4)13(16-18)19-10-8-6-5-7-9-10/h5-9,11,18H,1-4H3,(H,15,17). The molecular formula is C14H20N2O2S. The van der Waals surface area contributed by atoms with Crippen LogP contribution < -0.4 is 5.32 Å². The third-order valence-electron chi connectivity index (χ3n) is 2.69. The maximum atomic E-state index is 12.0. The molecule has 0 bridgehead atoms. The topological polar surface area (TPSA) is 61.7 Å². The van der Waals surface area contributed by atoms with Crippen LogP contribution in [0.1, 0.15) is 20.8 Å². The first-order chi connectivity index (χ1) is 8.90. The molecule has 2 N–H and O–H groups in total. The number of hydrogen-bond donors (Lipinski definition) is 2. The highest BCUT2D eigenvalue weighted by atomic mass is 32.2. The fourth-order valence-electron chi connectivity index (χ4n) is 1.77. The lowest BCUT2D eigenvalue weighted by Gasteiger charge is -2.29. The van der Waals surface area contributed by atoms with E-state index in [0.29, 0.717) is 5.04 Å². The molecule has 1 aromatic rings. The van der Waals surface area contributed by atoms with Crippen LogP contribution in [-0.2, 0) is 4.79 Å². The van der Waals surface area contributed by atoms with Crippen molar-refractivity contribution < 1.29 is 10.0 Å². The number of carbonyl (C=O) groups is 1. The molecule has 1 rings (SSSR count). The zero-order chi connectivity index (χ0) is 14.5. The molecule has 0 radical (unpaired) electrons. The van der Waals surface area contributed by atoms with Gasteiger partial charge >= 0.3 is 0 Å². The van der Waals surface area contributed by atoms with Gasteiger partial charge in [0.25, 0.3) is 0 Å². The Kier molecular flexibility index (Phi) is 5.42. The Hall–Kier alpha value is -1.49. The number of nitrogens with zero attached hydrogens (tertiary/aromatic N) is 1. The fraction of sp³-hybridized carbons (Fsp3) is 0.429. The average molecular weight is 280 g/mol. The van der Waals surface area contributed by atoms with Gasteiger partial charge < -0.3 is 10.5 Å². The van der Waals surface area contributed by atoms with Crippen LogP contribution in [0.4, 0.5) is 0 Å². The van der Waals surface area contributed by atoms with Crippen molar-refractivity contribution in [3.63, 3.8) is 0 Å². The maximum Gasteiger partial charge on any atom is 0.230 e. The highest BCUT2D eigenvalue weighted by molar-refractivity contribution is 8.14. The predicted molar refractivity (Wildman–Crippen MR) is 78.5 cm³/mol. The van der Waals surface area contributed by atoms with Gasteiger partial charge in [-0.15, -0.1) is 0 Å². The van der Waals surface area contributed by atoms with Gasteiger partial charge in [-0.1, -0.05) is 55.9 Å². The Morgan fingerprint density at radius 2 is 1.89 bits per heavy atom. The molecule has 0 spiro atoms. The normalized spacial score (nSPS) is 14.0. The Bertz CT molecular complexity index is 452. The minimum Gasteiger partial charge on any atom is -0.410 e. The van der Waals surface area contributed by atoms with Crippen molar-refractivity contribution in [1.29, 1.82) is 0 Å². The molecule has 0 saturated heterocycles. The van der Waals surface area contributed by atoms with Gasteiger partial charge in [0.1, 0.15) is 5.04 Å². The van der Waals surface area contributed by atoms with Crippen molar-refractivity contribution in [3.8, 4) is 0 Å². The van der Waals surface area contributed by atoms with E-state index in [1.54, 1.807) is 7.05 Å². The third-order valence-corrected chi connectivity index (χ3v) is 3.72. The average Bonchev–Trinajstić information content (AvgIpc) is 2.37. The summed E-state index contributed by atoms with van der Waals surface area (Å²) in [5.74, 6) is -0.642. The van der Waals surface area contributed by atoms with Gasteiger partial charge in [0.05, 0.1) is 5.92 Å². The summed E-state index contributed by atoms with van der Waals surface area (Å²) in [6.45, 7) is 5.84. The van der Waals surface area contributed by atoms with Crippen LogP contribution in [0.25, 0.3) is 0 Å². The summed E-state index contributed by atoms with van der Waals surface area (Å²) in [5.41, 5.74) is -0.330. The number of thioether (sulfide) groups is 1. The van der Waals surface area contributed by atoms with Crippen molar-refractivity contribution in [1.82, 2.24) is 5.32 Å². The lowest BCUT2D eigenvalue weighted by Crippen LogP contribution is -2.40. The van der Waals surface area contributed by atoms with Crippen LogP contribution in [-0.4, -0.2) is 23.2 Å². The second-order valence-corrected chi connectivity index (χ2v) is 6.36. The van der Waals surface area contributed by atoms with Crippen LogP contribution in [0.15, 0.2) is 40.4 Å². The van der Waals surface area contributed by atoms with Crippen molar-refractivity contribution in [2.45, 2.75) is 25.7 Å². The van der Waals surface area contributed by atoms with E-state index in [4.69, 9.17) is 0 Å². The summed E-state index contributed by atoms with van der Waals surface area (Å²) in [7, 11) is 1.59. The molecule has 0 aromatic heterocycles. The van der Waals surface area contributed by atoms with E-state index in [1.165, 1.54) is 11.8 Å². The summed E-state index contributed by atoms with van der Waals surface area (Å²) in [6, 6.07) is 9.56. The van der Waals surface area contributed by atoms with Crippen LogP contribution >= 0.6 is 11.8 Å². The molecule has 5 heteroatoms. The zero-order valence-corrected chi connectivity index (χ0v) is 12.5. The van der Waals surface area contributed by atoms with Gasteiger partial charge in [-0.2, -0.15) is 0 Å². The highest BCUT2D eigenvalue weighted by Gasteiger charge is 2.36. The monoisotopic (exact) mass is 280 g/mol. The van der Waals surface area contributed by atoms with E-state index in [0.717, 1.165) is 4.90 Å². The number of nitrogens with one attached hydrogen (secondary N) is 1. The van der Waals surface area contributed by atoms with Gasteiger partial charge in [0.2, 0.25) is 5.91 Å². The molecular weight excluding hydrogens is 260 g/mol. The molecule has 0 heterocycles. The van der Waals surface area contributed by atoms with Crippen LogP contribution in [0.2, 0.25) is 0 Å². The van der Waals surface area contributed by atoms with Gasteiger partial charge in [-0.25, -0.2) is 0 Å². The summed E-state index contributed by atoms with van der Waals surface area (Å²) in [5, 5.41) is 15.6. The second-order valence-electron chi connectivity index (χ2n) is 5.27. The quantitative estimate of drug-likeness (QED) is 0.294. The molecule has 1 unspecified atom stereocenters. The van der Waals surface area contributed by atoms with Crippen molar-refractivity contribution in [3.05, 3.63) is 30.3 Å². The first-order valence-electron chi connectivity index (χ1n) is 6.06. The van der Waals surface area contributed by atoms with Gasteiger partial charge in [0.15, 0.2) is 0 Å². The lowest BCUT2D eigenvalue weighted by atomic mass is 9.80. The summed E-state index contributed by atoms with van der Waals surface area (Å²) >= 11 is 1.31. The van der Waals surface area contributed by atoms with Crippen LogP contribution in [0.3, 0.4) is 0 Å². The molecule has 0 aliphatic heterocycles. The number of benzene rings is 1. The zero-order valence-electron chi connectivity index (χ0n) is 11.7. The van der Waals surface area contributed by atoms with Gasteiger partial charge in [0, 0.05) is 11.9 Å². The summed E-state index contributed by atoms with van der Waals surface area (Å²) < 4.78 is 0.